The van der Waals surface area contributed by atoms with Gasteiger partial charge >= 0.3 is 0 Å². The van der Waals surface area contributed by atoms with E-state index in [0.717, 1.165) is 5.56 Å². The highest BCUT2D eigenvalue weighted by molar-refractivity contribution is 6.02. The largest absolute Gasteiger partial charge is 0.505 e. The molecule has 0 saturated carbocycles. The Hall–Kier alpha value is -3.46. The summed E-state index contributed by atoms with van der Waals surface area (Å²) in [5.74, 6) is -1.25. The molecule has 1 aliphatic heterocycles. The van der Waals surface area contributed by atoms with E-state index in [1.54, 1.807) is 12.1 Å². The van der Waals surface area contributed by atoms with Crippen molar-refractivity contribution >= 4 is 16.9 Å². The number of nitrogens with one attached hydrogen (secondary N) is 1. The smallest absolute Gasteiger partial charge is 0.268 e. The van der Waals surface area contributed by atoms with E-state index in [1.807, 2.05) is 0 Å². The van der Waals surface area contributed by atoms with Crippen LogP contribution < -0.4 is 15.6 Å². The van der Waals surface area contributed by atoms with Gasteiger partial charge in [0.2, 0.25) is 0 Å². The lowest BCUT2D eigenvalue weighted by Gasteiger charge is -2.23. The van der Waals surface area contributed by atoms with Gasteiger partial charge in [0.15, 0.2) is 11.5 Å². The summed E-state index contributed by atoms with van der Waals surface area (Å²) in [7, 11) is 0. The molecule has 4 rings (SSSR count). The van der Waals surface area contributed by atoms with E-state index in [9.17, 15) is 19.1 Å². The van der Waals surface area contributed by atoms with Crippen molar-refractivity contribution in [3.05, 3.63) is 63.3 Å². The minimum Gasteiger partial charge on any atom is -0.505 e. The van der Waals surface area contributed by atoms with Gasteiger partial charge in [-0.3, -0.25) is 19.1 Å². The predicted molar refractivity (Wildman–Crippen MR) is 102 cm³/mol. The van der Waals surface area contributed by atoms with Gasteiger partial charge in [-0.1, -0.05) is 12.1 Å². The summed E-state index contributed by atoms with van der Waals surface area (Å²) in [6.07, 6.45) is 1.91. The van der Waals surface area contributed by atoms with Gasteiger partial charge in [0.1, 0.15) is 29.0 Å². The highest BCUT2D eigenvalue weighted by Crippen LogP contribution is 2.36. The maximum absolute atomic E-state index is 13.2. The molecule has 0 fully saturated rings. The predicted octanol–water partition coefficient (Wildman–Crippen LogP) is 0.946. The second kappa shape index (κ2) is 7.51. The molecule has 0 unspecified atom stereocenters. The zero-order valence-corrected chi connectivity index (χ0v) is 15.3. The molecule has 2 aromatic heterocycles. The topological polar surface area (TPSA) is 114 Å². The number of halogens is 1. The average molecular weight is 399 g/mol. The summed E-state index contributed by atoms with van der Waals surface area (Å²) in [5.41, 5.74) is 0.826. The molecular formula is C20H18FN3O5. The maximum Gasteiger partial charge on any atom is 0.268 e. The maximum atomic E-state index is 13.2. The Morgan fingerprint density at radius 2 is 2.07 bits per heavy atom. The number of nitrogens with zero attached hydrogens (tertiary/aromatic N) is 2. The van der Waals surface area contributed by atoms with Crippen LogP contribution >= 0.6 is 0 Å². The SMILES string of the molecule is O=C(NCCO)c1c(O)c2ncc(Cc3ccc(F)cc3)c3c2n(c1=O)CCO3. The lowest BCUT2D eigenvalue weighted by Crippen LogP contribution is -2.36. The molecule has 0 atom stereocenters. The van der Waals surface area contributed by atoms with E-state index in [1.165, 1.54) is 22.9 Å². The van der Waals surface area contributed by atoms with E-state index < -0.39 is 22.8 Å². The first-order chi connectivity index (χ1) is 14.0. The first-order valence-corrected chi connectivity index (χ1v) is 9.05. The number of aromatic hydroxyl groups is 1. The Bertz CT molecular complexity index is 1160. The quantitative estimate of drug-likeness (QED) is 0.589. The normalized spacial score (nSPS) is 12.6. The van der Waals surface area contributed by atoms with Crippen molar-refractivity contribution in [2.24, 2.45) is 0 Å². The monoisotopic (exact) mass is 399 g/mol. The highest BCUT2D eigenvalue weighted by Gasteiger charge is 2.28. The van der Waals surface area contributed by atoms with Crippen LogP contribution in [0.15, 0.2) is 35.3 Å². The van der Waals surface area contributed by atoms with Crippen molar-refractivity contribution in [2.45, 2.75) is 13.0 Å². The fourth-order valence-electron chi connectivity index (χ4n) is 3.43. The zero-order chi connectivity index (χ0) is 20.5. The van der Waals surface area contributed by atoms with Gasteiger partial charge in [-0.25, -0.2) is 4.39 Å². The number of carbonyl (C=O) groups excluding carboxylic acids is 1. The molecule has 3 N–H and O–H groups in total. The second-order valence-corrected chi connectivity index (χ2v) is 6.62. The van der Waals surface area contributed by atoms with E-state index in [-0.39, 0.29) is 37.6 Å². The fraction of sp³-hybridized carbons (Fsp3) is 0.250. The van der Waals surface area contributed by atoms with Crippen molar-refractivity contribution in [2.75, 3.05) is 19.8 Å². The highest BCUT2D eigenvalue weighted by atomic mass is 19.1. The molecule has 1 aromatic carbocycles. The number of pyridine rings is 2. The van der Waals surface area contributed by atoms with Crippen molar-refractivity contribution < 1.29 is 24.1 Å². The number of hydrogen-bond acceptors (Lipinski definition) is 6. The zero-order valence-electron chi connectivity index (χ0n) is 15.3. The van der Waals surface area contributed by atoms with Gasteiger partial charge in [0.25, 0.3) is 11.5 Å². The third-order valence-corrected chi connectivity index (χ3v) is 4.76. The number of aromatic nitrogens is 2. The Labute approximate surface area is 164 Å². The number of ether oxygens (including phenoxy) is 1. The first kappa shape index (κ1) is 18.9. The minimum atomic E-state index is -0.780. The van der Waals surface area contributed by atoms with Crippen LogP contribution in [0.25, 0.3) is 11.0 Å². The molecule has 0 spiro atoms. The number of carbonyl (C=O) groups is 1. The molecule has 0 aliphatic carbocycles. The van der Waals surface area contributed by atoms with Crippen LogP contribution in [0.1, 0.15) is 21.5 Å². The lowest BCUT2D eigenvalue weighted by atomic mass is 10.0. The molecular weight excluding hydrogens is 381 g/mol. The van der Waals surface area contributed by atoms with Crippen molar-refractivity contribution in [1.29, 1.82) is 0 Å². The molecule has 8 nitrogen and oxygen atoms in total. The molecule has 150 valence electrons. The van der Waals surface area contributed by atoms with E-state index >= 15 is 0 Å². The van der Waals surface area contributed by atoms with Crippen molar-refractivity contribution in [3.63, 3.8) is 0 Å². The first-order valence-electron chi connectivity index (χ1n) is 9.05. The fourth-order valence-corrected chi connectivity index (χ4v) is 3.43. The van der Waals surface area contributed by atoms with Gasteiger partial charge < -0.3 is 20.3 Å². The van der Waals surface area contributed by atoms with Gasteiger partial charge in [0, 0.05) is 24.7 Å². The van der Waals surface area contributed by atoms with Crippen LogP contribution in [0.3, 0.4) is 0 Å². The van der Waals surface area contributed by atoms with Crippen LogP contribution in [-0.4, -0.2) is 45.4 Å². The second-order valence-electron chi connectivity index (χ2n) is 6.62. The Kier molecular flexibility index (Phi) is 4.89. The number of aliphatic hydroxyl groups excluding tert-OH is 1. The van der Waals surface area contributed by atoms with Gasteiger partial charge in [-0.2, -0.15) is 0 Å². The number of benzene rings is 1. The molecule has 1 amide bonds. The number of amides is 1. The summed E-state index contributed by atoms with van der Waals surface area (Å²) in [5, 5.41) is 21.8. The Morgan fingerprint density at radius 1 is 1.31 bits per heavy atom. The molecule has 29 heavy (non-hydrogen) atoms. The number of hydrogen-bond donors (Lipinski definition) is 3. The summed E-state index contributed by atoms with van der Waals surface area (Å²) in [6.45, 7) is 0.0703. The number of aliphatic hydroxyl groups is 1. The third-order valence-electron chi connectivity index (χ3n) is 4.76. The minimum absolute atomic E-state index is 0.0475. The van der Waals surface area contributed by atoms with E-state index in [2.05, 4.69) is 10.3 Å². The van der Waals surface area contributed by atoms with Gasteiger partial charge in [-0.15, -0.1) is 0 Å². The van der Waals surface area contributed by atoms with E-state index in [0.29, 0.717) is 23.3 Å². The van der Waals surface area contributed by atoms with Crippen LogP contribution in [0.4, 0.5) is 4.39 Å². The van der Waals surface area contributed by atoms with Crippen LogP contribution in [0.5, 0.6) is 11.5 Å². The molecule has 1 aliphatic rings. The van der Waals surface area contributed by atoms with Crippen LogP contribution in [0.2, 0.25) is 0 Å². The van der Waals surface area contributed by atoms with Gasteiger partial charge in [-0.05, 0) is 17.7 Å². The van der Waals surface area contributed by atoms with Crippen molar-refractivity contribution in [3.8, 4) is 11.5 Å². The molecule has 3 aromatic rings. The molecule has 9 heteroatoms. The van der Waals surface area contributed by atoms with Crippen LogP contribution in [-0.2, 0) is 13.0 Å². The molecule has 3 heterocycles. The van der Waals surface area contributed by atoms with E-state index in [4.69, 9.17) is 9.84 Å². The Balaban J connectivity index is 1.86. The van der Waals surface area contributed by atoms with Crippen LogP contribution in [0, 0.1) is 5.82 Å². The summed E-state index contributed by atoms with van der Waals surface area (Å²) >= 11 is 0. The lowest BCUT2D eigenvalue weighted by molar-refractivity contribution is 0.0939. The molecule has 0 saturated heterocycles. The van der Waals surface area contributed by atoms with Crippen molar-refractivity contribution in [1.82, 2.24) is 14.9 Å². The summed E-state index contributed by atoms with van der Waals surface area (Å²) < 4.78 is 20.3. The Morgan fingerprint density at radius 3 is 2.79 bits per heavy atom. The summed E-state index contributed by atoms with van der Waals surface area (Å²) in [6, 6.07) is 6.01. The standard InChI is InChI=1S/C20H18FN3O5/c21-13-3-1-11(2-4-13)9-12-10-23-15-16-18(12)29-8-6-24(16)20(28)14(17(15)26)19(27)22-5-7-25/h1-4,10,25-26H,5-9H2,(H,22,27). The average Bonchev–Trinajstić information content (AvgIpc) is 2.73. The van der Waals surface area contributed by atoms with Gasteiger partial charge in [0.05, 0.1) is 13.2 Å². The third kappa shape index (κ3) is 3.29. The summed E-state index contributed by atoms with van der Waals surface area (Å²) in [4.78, 5) is 29.5. The molecule has 0 bridgehead atoms. The molecule has 0 radical (unpaired) electrons. The number of rotatable bonds is 5.